The minimum atomic E-state index is -1.12. The number of thiophene rings is 1. The number of benzene rings is 2. The Hall–Kier alpha value is -4.53. The number of hydrogen-bond donors (Lipinski definition) is 7. The highest BCUT2D eigenvalue weighted by atomic mass is 32.2. The number of anilines is 1. The molecule has 0 spiro atoms. The minimum Gasteiger partial charge on any atom is -0.492 e. The zero-order valence-corrected chi connectivity index (χ0v) is 25.5. The number of carboxylic acids is 1. The molecular weight excluding hydrogens is 601 g/mol. The second kappa shape index (κ2) is 14.8. The van der Waals surface area contributed by atoms with Crippen molar-refractivity contribution in [2.75, 3.05) is 17.9 Å². The van der Waals surface area contributed by atoms with Gasteiger partial charge in [0.2, 0.25) is 0 Å². The third kappa shape index (κ3) is 7.89. The van der Waals surface area contributed by atoms with Gasteiger partial charge < -0.3 is 36.7 Å². The highest BCUT2D eigenvalue weighted by Crippen LogP contribution is 2.41. The van der Waals surface area contributed by atoms with Crippen LogP contribution in [0.25, 0.3) is 11.1 Å². The SMILES string of the molecule is NC(N)=NCCCC(NC(=O)c1sccc1NSc1cc(-c2ccccc2CNCc2ccn[nH]2)cc2c1OCC2)C(=O)O. The number of carbonyl (C=O) groups is 2. The Morgan fingerprint density at radius 2 is 2.05 bits per heavy atom. The zero-order valence-electron chi connectivity index (χ0n) is 23.8. The van der Waals surface area contributed by atoms with Crippen molar-refractivity contribution in [2.24, 2.45) is 16.5 Å². The molecule has 9 N–H and O–H groups in total. The van der Waals surface area contributed by atoms with E-state index >= 15 is 0 Å². The molecule has 2 aromatic heterocycles. The summed E-state index contributed by atoms with van der Waals surface area (Å²) in [4.78, 5) is 30.0. The molecule has 1 aliphatic heterocycles. The molecule has 3 heterocycles. The third-order valence-electron chi connectivity index (χ3n) is 6.96. The van der Waals surface area contributed by atoms with Crippen molar-refractivity contribution in [1.29, 1.82) is 0 Å². The molecule has 4 aromatic rings. The average molecular weight is 635 g/mol. The predicted molar refractivity (Wildman–Crippen MR) is 173 cm³/mol. The second-order valence-corrected chi connectivity index (χ2v) is 11.8. The number of carboxylic acid groups (broad SMARTS) is 1. The van der Waals surface area contributed by atoms with Crippen LogP contribution in [-0.4, -0.2) is 52.3 Å². The number of fused-ring (bicyclic) bond motifs is 1. The maximum absolute atomic E-state index is 13.1. The summed E-state index contributed by atoms with van der Waals surface area (Å²) in [6.45, 7) is 2.25. The molecule has 0 radical (unpaired) electrons. The zero-order chi connectivity index (χ0) is 30.9. The van der Waals surface area contributed by atoms with E-state index in [0.717, 1.165) is 45.0 Å². The molecule has 1 unspecified atom stereocenters. The van der Waals surface area contributed by atoms with E-state index in [-0.39, 0.29) is 18.9 Å². The molecule has 0 saturated carbocycles. The Morgan fingerprint density at radius 1 is 1.18 bits per heavy atom. The first-order valence-corrected chi connectivity index (χ1v) is 15.7. The highest BCUT2D eigenvalue weighted by molar-refractivity contribution is 8.00. The molecule has 0 fully saturated rings. The molecule has 2 aromatic carbocycles. The van der Waals surface area contributed by atoms with Gasteiger partial charge in [-0.25, -0.2) is 4.79 Å². The van der Waals surface area contributed by atoms with Gasteiger partial charge in [-0.3, -0.25) is 14.9 Å². The molecule has 230 valence electrons. The molecule has 0 aliphatic carbocycles. The standard InChI is InChI=1S/C30H34N8O4S2/c31-30(32)34-10-3-6-24(29(40)41)36-28(39)27-23(9-13-43-27)38-44-25-15-20(14-18-8-12-42-26(18)25)22-5-2-1-4-19(22)16-33-17-21-7-11-35-37-21/h1-2,4-5,7,9,11,13-15,24,33,38H,3,6,8,10,12,16-17H2,(H,35,37)(H,36,39)(H,40,41)(H4,31,32,34). The van der Waals surface area contributed by atoms with E-state index in [2.05, 4.69) is 54.8 Å². The number of nitrogens with two attached hydrogens (primary N) is 2. The van der Waals surface area contributed by atoms with Gasteiger partial charge in [0.25, 0.3) is 5.91 Å². The summed E-state index contributed by atoms with van der Waals surface area (Å²) in [5.41, 5.74) is 16.7. The van der Waals surface area contributed by atoms with Crippen molar-refractivity contribution < 1.29 is 19.4 Å². The number of aliphatic imine (C=N–C) groups is 1. The maximum atomic E-state index is 13.1. The molecule has 1 amide bonds. The van der Waals surface area contributed by atoms with Gasteiger partial charge in [-0.2, -0.15) is 5.10 Å². The lowest BCUT2D eigenvalue weighted by atomic mass is 9.97. The van der Waals surface area contributed by atoms with Crippen LogP contribution in [0.5, 0.6) is 5.75 Å². The van der Waals surface area contributed by atoms with Crippen molar-refractivity contribution in [3.8, 4) is 16.9 Å². The fraction of sp³-hybridized carbons (Fsp3) is 0.267. The van der Waals surface area contributed by atoms with E-state index in [1.165, 1.54) is 23.3 Å². The predicted octanol–water partition coefficient (Wildman–Crippen LogP) is 3.72. The maximum Gasteiger partial charge on any atom is 0.326 e. The summed E-state index contributed by atoms with van der Waals surface area (Å²) >= 11 is 2.59. The molecule has 0 saturated heterocycles. The van der Waals surface area contributed by atoms with Gasteiger partial charge in [0.05, 0.1) is 17.2 Å². The number of aromatic nitrogens is 2. The van der Waals surface area contributed by atoms with Gasteiger partial charge in [0.1, 0.15) is 16.7 Å². The quantitative estimate of drug-likeness (QED) is 0.0439. The van der Waals surface area contributed by atoms with Crippen molar-refractivity contribution in [2.45, 2.75) is 43.3 Å². The van der Waals surface area contributed by atoms with Gasteiger partial charge in [-0.1, -0.05) is 24.3 Å². The van der Waals surface area contributed by atoms with Crippen molar-refractivity contribution in [3.05, 3.63) is 81.8 Å². The summed E-state index contributed by atoms with van der Waals surface area (Å²) < 4.78 is 9.30. The van der Waals surface area contributed by atoms with Crippen LogP contribution >= 0.6 is 23.3 Å². The molecule has 14 heteroatoms. The number of aromatic amines is 1. The highest BCUT2D eigenvalue weighted by Gasteiger charge is 2.24. The van der Waals surface area contributed by atoms with Gasteiger partial charge in [0, 0.05) is 37.9 Å². The lowest BCUT2D eigenvalue weighted by Gasteiger charge is -2.16. The topological polar surface area (TPSA) is 193 Å². The number of amides is 1. The number of rotatable bonds is 15. The van der Waals surface area contributed by atoms with Crippen LogP contribution in [0.3, 0.4) is 0 Å². The Bertz CT molecular complexity index is 1620. The first-order valence-electron chi connectivity index (χ1n) is 14.1. The number of carbonyl (C=O) groups excluding carboxylic acids is 1. The van der Waals surface area contributed by atoms with E-state index in [1.807, 2.05) is 18.2 Å². The Balaban J connectivity index is 1.29. The second-order valence-electron chi connectivity index (χ2n) is 10.1. The average Bonchev–Trinajstić information content (AvgIpc) is 3.80. The number of nitrogens with zero attached hydrogens (tertiary/aromatic N) is 2. The number of ether oxygens (including phenoxy) is 1. The van der Waals surface area contributed by atoms with Crippen LogP contribution in [-0.2, 0) is 24.3 Å². The molecule has 12 nitrogen and oxygen atoms in total. The number of guanidine groups is 1. The fourth-order valence-electron chi connectivity index (χ4n) is 4.84. The summed E-state index contributed by atoms with van der Waals surface area (Å²) in [6.07, 6.45) is 3.15. The normalized spacial score (nSPS) is 12.6. The van der Waals surface area contributed by atoms with Crippen LogP contribution in [0, 0.1) is 0 Å². The number of hydrogen-bond acceptors (Lipinski definition) is 9. The molecule has 1 aliphatic rings. The van der Waals surface area contributed by atoms with Gasteiger partial charge in [0.15, 0.2) is 5.96 Å². The van der Waals surface area contributed by atoms with Crippen LogP contribution in [0.4, 0.5) is 5.69 Å². The van der Waals surface area contributed by atoms with E-state index in [4.69, 9.17) is 16.2 Å². The minimum absolute atomic E-state index is 0.0585. The van der Waals surface area contributed by atoms with Gasteiger partial charge in [-0.15, -0.1) is 11.3 Å². The lowest BCUT2D eigenvalue weighted by molar-refractivity contribution is -0.139. The van der Waals surface area contributed by atoms with Gasteiger partial charge in [-0.05, 0) is 76.7 Å². The summed E-state index contributed by atoms with van der Waals surface area (Å²) in [5, 5.41) is 24.5. The van der Waals surface area contributed by atoms with Crippen LogP contribution < -0.4 is 31.6 Å². The Kier molecular flexibility index (Phi) is 10.4. The molecular formula is C30H34N8O4S2. The van der Waals surface area contributed by atoms with E-state index in [9.17, 15) is 14.7 Å². The first-order chi connectivity index (χ1) is 21.4. The number of aliphatic carboxylic acids is 1. The summed E-state index contributed by atoms with van der Waals surface area (Å²) in [5.74, 6) is -0.820. The molecule has 5 rings (SSSR count). The van der Waals surface area contributed by atoms with Crippen molar-refractivity contribution in [3.63, 3.8) is 0 Å². The smallest absolute Gasteiger partial charge is 0.326 e. The van der Waals surface area contributed by atoms with Crippen LogP contribution in [0.1, 0.15) is 39.3 Å². The molecule has 44 heavy (non-hydrogen) atoms. The van der Waals surface area contributed by atoms with Gasteiger partial charge >= 0.3 is 5.97 Å². The van der Waals surface area contributed by atoms with E-state index in [0.29, 0.717) is 36.7 Å². The van der Waals surface area contributed by atoms with E-state index < -0.39 is 17.9 Å². The number of H-pyrrole nitrogens is 1. The Labute approximate surface area is 262 Å². The van der Waals surface area contributed by atoms with Crippen LogP contribution in [0.2, 0.25) is 0 Å². The fourth-order valence-corrected chi connectivity index (χ4v) is 6.51. The van der Waals surface area contributed by atoms with E-state index in [1.54, 1.807) is 17.6 Å². The largest absolute Gasteiger partial charge is 0.492 e. The summed E-state index contributed by atoms with van der Waals surface area (Å²) in [7, 11) is 0. The van der Waals surface area contributed by atoms with Crippen molar-refractivity contribution >= 4 is 46.8 Å². The Morgan fingerprint density at radius 3 is 2.84 bits per heavy atom. The first kappa shape index (κ1) is 30.9. The monoisotopic (exact) mass is 634 g/mol. The summed E-state index contributed by atoms with van der Waals surface area (Å²) in [6, 6.07) is 15.3. The molecule has 1 atom stereocenters. The van der Waals surface area contributed by atoms with Crippen LogP contribution in [0.15, 0.2) is 70.0 Å². The molecule has 0 bridgehead atoms. The lowest BCUT2D eigenvalue weighted by Crippen LogP contribution is -2.40. The van der Waals surface area contributed by atoms with Crippen molar-refractivity contribution in [1.82, 2.24) is 20.8 Å². The number of nitrogens with one attached hydrogen (secondary N) is 4. The third-order valence-corrected chi connectivity index (χ3v) is 8.72.